The first-order valence-electron chi connectivity index (χ1n) is 9.01. The number of nitrogens with zero attached hydrogens (tertiary/aromatic N) is 1. The number of halogens is 2. The maximum atomic E-state index is 14.3. The Hall–Kier alpha value is -4.24. The lowest BCUT2D eigenvalue weighted by Gasteiger charge is -2.11. The highest BCUT2D eigenvalue weighted by molar-refractivity contribution is 5.76. The fraction of sp³-hybridized carbons (Fsp3) is 0. The Morgan fingerprint density at radius 2 is 1.57 bits per heavy atom. The van der Waals surface area contributed by atoms with E-state index in [2.05, 4.69) is 4.98 Å². The van der Waals surface area contributed by atoms with Gasteiger partial charge in [-0.15, -0.1) is 0 Å². The zero-order valence-corrected chi connectivity index (χ0v) is 15.5. The number of para-hydroxylation sites is 1. The molecule has 1 N–H and O–H groups in total. The van der Waals surface area contributed by atoms with Crippen LogP contribution >= 0.6 is 0 Å². The van der Waals surface area contributed by atoms with Gasteiger partial charge in [-0.1, -0.05) is 24.3 Å². The van der Waals surface area contributed by atoms with Gasteiger partial charge in [0.25, 0.3) is 5.56 Å². The lowest BCUT2D eigenvalue weighted by Crippen LogP contribution is -2.12. The molecule has 0 bridgehead atoms. The predicted molar refractivity (Wildman–Crippen MR) is 109 cm³/mol. The summed E-state index contributed by atoms with van der Waals surface area (Å²) < 4.78 is 33.2. The molecule has 0 saturated carbocycles. The number of hydrogen-bond donors (Lipinski definition) is 1. The Morgan fingerprint density at radius 1 is 0.867 bits per heavy atom. The molecule has 4 aromatic rings. The van der Waals surface area contributed by atoms with E-state index in [1.54, 1.807) is 30.3 Å². The molecule has 0 saturated heterocycles. The van der Waals surface area contributed by atoms with Gasteiger partial charge in [-0.3, -0.25) is 4.79 Å². The molecule has 0 aliphatic heterocycles. The summed E-state index contributed by atoms with van der Waals surface area (Å²) in [4.78, 5) is 15.1. The van der Waals surface area contributed by atoms with Crippen molar-refractivity contribution >= 4 is 0 Å². The Kier molecular flexibility index (Phi) is 5.10. The minimum atomic E-state index is -0.593. The third kappa shape index (κ3) is 3.82. The maximum Gasteiger partial charge on any atom is 0.266 e. The second-order valence-electron chi connectivity index (χ2n) is 6.48. The molecule has 6 heteroatoms. The van der Waals surface area contributed by atoms with Crippen molar-refractivity contribution in [1.29, 1.82) is 5.26 Å². The molecule has 4 rings (SSSR count). The zero-order valence-electron chi connectivity index (χ0n) is 15.5. The fourth-order valence-electron chi connectivity index (χ4n) is 3.05. The molecule has 0 amide bonds. The summed E-state index contributed by atoms with van der Waals surface area (Å²) in [6.07, 6.45) is 0. The number of benzene rings is 3. The maximum absolute atomic E-state index is 14.3. The highest BCUT2D eigenvalue weighted by atomic mass is 19.1. The topological polar surface area (TPSA) is 65.9 Å². The Balaban J connectivity index is 1.83. The molecule has 0 atom stereocenters. The van der Waals surface area contributed by atoms with E-state index in [1.165, 1.54) is 42.5 Å². The smallest absolute Gasteiger partial charge is 0.266 e. The van der Waals surface area contributed by atoms with Gasteiger partial charge in [0.05, 0.1) is 0 Å². The molecule has 0 fully saturated rings. The Labute approximate surface area is 170 Å². The summed E-state index contributed by atoms with van der Waals surface area (Å²) in [5, 5.41) is 9.49. The average Bonchev–Trinajstić information content (AvgIpc) is 2.76. The van der Waals surface area contributed by atoms with Gasteiger partial charge < -0.3 is 9.72 Å². The van der Waals surface area contributed by atoms with Gasteiger partial charge in [0.15, 0.2) is 11.6 Å². The monoisotopic (exact) mass is 400 g/mol. The van der Waals surface area contributed by atoms with Crippen LogP contribution in [0.2, 0.25) is 0 Å². The van der Waals surface area contributed by atoms with E-state index >= 15 is 0 Å². The number of hydrogen-bond acceptors (Lipinski definition) is 3. The van der Waals surface area contributed by atoms with Crippen LogP contribution in [-0.4, -0.2) is 4.98 Å². The minimum absolute atomic E-state index is 0.0359. The van der Waals surface area contributed by atoms with Crippen LogP contribution in [0.1, 0.15) is 5.56 Å². The SMILES string of the molecule is N#Cc1c(-c2ccc(F)c(Oc3ccccc3)c2)cc(-c2ccc(F)cc2)[nH]c1=O. The molecule has 30 heavy (non-hydrogen) atoms. The lowest BCUT2D eigenvalue weighted by molar-refractivity contribution is 0.442. The third-order valence-electron chi connectivity index (χ3n) is 4.51. The van der Waals surface area contributed by atoms with Crippen molar-refractivity contribution in [3.8, 4) is 40.0 Å². The van der Waals surface area contributed by atoms with E-state index in [-0.39, 0.29) is 11.3 Å². The van der Waals surface area contributed by atoms with Gasteiger partial charge in [0, 0.05) is 11.3 Å². The van der Waals surface area contributed by atoms with E-state index in [9.17, 15) is 18.8 Å². The van der Waals surface area contributed by atoms with Crippen molar-refractivity contribution in [2.45, 2.75) is 0 Å². The van der Waals surface area contributed by atoms with E-state index in [0.717, 1.165) is 0 Å². The van der Waals surface area contributed by atoms with Crippen LogP contribution < -0.4 is 10.3 Å². The van der Waals surface area contributed by atoms with E-state index in [4.69, 9.17) is 4.74 Å². The second kappa shape index (κ2) is 8.02. The van der Waals surface area contributed by atoms with Gasteiger partial charge >= 0.3 is 0 Å². The van der Waals surface area contributed by atoms with Crippen LogP contribution in [0.3, 0.4) is 0 Å². The molecule has 0 unspecified atom stereocenters. The van der Waals surface area contributed by atoms with Crippen molar-refractivity contribution in [3.05, 3.63) is 106 Å². The van der Waals surface area contributed by atoms with E-state index in [1.807, 2.05) is 12.1 Å². The standard InChI is InChI=1S/C24H14F2N2O2/c25-17-9-6-15(7-10-17)22-13-19(20(14-27)24(29)28-22)16-8-11-21(26)23(12-16)30-18-4-2-1-3-5-18/h1-13H,(H,28,29). The summed E-state index contributed by atoms with van der Waals surface area (Å²) in [6, 6.07) is 21.9. The summed E-state index contributed by atoms with van der Waals surface area (Å²) in [5.41, 5.74) is 1.03. The van der Waals surface area contributed by atoms with Crippen molar-refractivity contribution in [3.63, 3.8) is 0 Å². The largest absolute Gasteiger partial charge is 0.454 e. The summed E-state index contributed by atoms with van der Waals surface area (Å²) in [6.45, 7) is 0. The number of nitriles is 1. The Bertz CT molecular complexity index is 1310. The minimum Gasteiger partial charge on any atom is -0.454 e. The highest BCUT2D eigenvalue weighted by Crippen LogP contribution is 2.32. The molecule has 0 radical (unpaired) electrons. The molecular formula is C24H14F2N2O2. The van der Waals surface area contributed by atoms with Crippen LogP contribution in [0.15, 0.2) is 83.7 Å². The van der Waals surface area contributed by atoms with Crippen LogP contribution in [0.5, 0.6) is 11.5 Å². The molecular weight excluding hydrogens is 386 g/mol. The predicted octanol–water partition coefficient (Wildman–Crippen LogP) is 5.65. The number of aromatic nitrogens is 1. The quantitative estimate of drug-likeness (QED) is 0.481. The van der Waals surface area contributed by atoms with Crippen molar-refractivity contribution in [2.24, 2.45) is 0 Å². The zero-order chi connectivity index (χ0) is 21.1. The number of aromatic amines is 1. The molecule has 146 valence electrons. The number of pyridine rings is 1. The summed E-state index contributed by atoms with van der Waals surface area (Å²) in [7, 11) is 0. The van der Waals surface area contributed by atoms with Crippen LogP contribution in [-0.2, 0) is 0 Å². The fourth-order valence-corrected chi connectivity index (χ4v) is 3.05. The average molecular weight is 400 g/mol. The van der Waals surface area contributed by atoms with Crippen molar-refractivity contribution in [2.75, 3.05) is 0 Å². The van der Waals surface area contributed by atoms with Gasteiger partial charge in [-0.25, -0.2) is 8.78 Å². The molecule has 4 nitrogen and oxygen atoms in total. The van der Waals surface area contributed by atoms with E-state index in [0.29, 0.717) is 28.1 Å². The lowest BCUT2D eigenvalue weighted by atomic mass is 9.98. The molecule has 1 aromatic heterocycles. The third-order valence-corrected chi connectivity index (χ3v) is 4.51. The molecule has 1 heterocycles. The molecule has 0 aliphatic carbocycles. The van der Waals surface area contributed by atoms with Gasteiger partial charge in [0.1, 0.15) is 23.2 Å². The van der Waals surface area contributed by atoms with Crippen molar-refractivity contribution in [1.82, 2.24) is 4.98 Å². The number of rotatable bonds is 4. The first-order chi connectivity index (χ1) is 14.5. The first kappa shape index (κ1) is 19.1. The number of H-pyrrole nitrogens is 1. The first-order valence-corrected chi connectivity index (χ1v) is 9.01. The number of ether oxygens (including phenoxy) is 1. The normalized spacial score (nSPS) is 10.4. The highest BCUT2D eigenvalue weighted by Gasteiger charge is 2.15. The van der Waals surface area contributed by atoms with Crippen LogP contribution in [0, 0.1) is 23.0 Å². The van der Waals surface area contributed by atoms with Gasteiger partial charge in [-0.05, 0) is 65.7 Å². The van der Waals surface area contributed by atoms with Gasteiger partial charge in [0.2, 0.25) is 0 Å². The number of nitrogens with one attached hydrogen (secondary N) is 1. The second-order valence-corrected chi connectivity index (χ2v) is 6.48. The molecule has 0 aliphatic rings. The molecule has 0 spiro atoms. The summed E-state index contributed by atoms with van der Waals surface area (Å²) in [5.74, 6) is -0.570. The van der Waals surface area contributed by atoms with Crippen LogP contribution in [0.25, 0.3) is 22.4 Å². The Morgan fingerprint density at radius 3 is 2.27 bits per heavy atom. The summed E-state index contributed by atoms with van der Waals surface area (Å²) >= 11 is 0. The molecule has 3 aromatic carbocycles. The van der Waals surface area contributed by atoms with Crippen LogP contribution in [0.4, 0.5) is 8.78 Å². The van der Waals surface area contributed by atoms with E-state index < -0.39 is 17.2 Å². The van der Waals surface area contributed by atoms with Crippen molar-refractivity contribution < 1.29 is 13.5 Å². The van der Waals surface area contributed by atoms with Gasteiger partial charge in [-0.2, -0.15) is 5.26 Å².